The van der Waals surface area contributed by atoms with Crippen molar-refractivity contribution in [2.75, 3.05) is 6.61 Å². The fourth-order valence-corrected chi connectivity index (χ4v) is 6.76. The lowest BCUT2D eigenvalue weighted by Crippen LogP contribution is -2.52. The van der Waals surface area contributed by atoms with Crippen LogP contribution in [0.4, 0.5) is 35.1 Å². The zero-order chi connectivity index (χ0) is 27.5. The number of hydrogen-bond acceptors (Lipinski definition) is 2. The second-order valence-corrected chi connectivity index (χ2v) is 11.3. The summed E-state index contributed by atoms with van der Waals surface area (Å²) in [6.07, 6.45) is -18.2. The first kappa shape index (κ1) is 30.9. The molecule has 0 N–H and O–H groups in total. The van der Waals surface area contributed by atoms with Crippen molar-refractivity contribution in [3.05, 3.63) is 0 Å². The molecule has 9 atom stereocenters. The van der Waals surface area contributed by atoms with E-state index in [1.165, 1.54) is 0 Å². The molecule has 37 heavy (non-hydrogen) atoms. The first-order valence-corrected chi connectivity index (χ1v) is 14.0. The third kappa shape index (κ3) is 7.31. The molecule has 0 aromatic carbocycles. The summed E-state index contributed by atoms with van der Waals surface area (Å²) in [4.78, 5) is 0. The first-order valence-electron chi connectivity index (χ1n) is 14.0. The summed E-state index contributed by atoms with van der Waals surface area (Å²) in [5, 5.41) is 0. The minimum atomic E-state index is -4.32. The van der Waals surface area contributed by atoms with E-state index in [2.05, 4.69) is 11.7 Å². The molecule has 218 valence electrons. The molecule has 2 nitrogen and oxygen atoms in total. The fourth-order valence-electron chi connectivity index (χ4n) is 6.76. The molecule has 3 aliphatic carbocycles. The van der Waals surface area contributed by atoms with Crippen LogP contribution in [0.3, 0.4) is 0 Å². The Bertz CT molecular complexity index is 667. The van der Waals surface area contributed by atoms with E-state index < -0.39 is 92.7 Å². The van der Waals surface area contributed by atoms with Crippen LogP contribution in [0, 0.1) is 29.6 Å². The highest BCUT2D eigenvalue weighted by molar-refractivity contribution is 4.97. The zero-order valence-electron chi connectivity index (χ0n) is 21.9. The van der Waals surface area contributed by atoms with E-state index in [1.807, 2.05) is 13.8 Å². The maximum atomic E-state index is 15.1. The van der Waals surface area contributed by atoms with Crippen LogP contribution in [0.25, 0.3) is 0 Å². The van der Waals surface area contributed by atoms with Gasteiger partial charge in [0.1, 0.15) is 36.8 Å². The molecule has 0 aromatic rings. The predicted octanol–water partition coefficient (Wildman–Crippen LogP) is 8.07. The molecule has 0 spiro atoms. The van der Waals surface area contributed by atoms with Crippen molar-refractivity contribution in [2.24, 2.45) is 29.6 Å². The van der Waals surface area contributed by atoms with E-state index in [0.717, 1.165) is 12.8 Å². The van der Waals surface area contributed by atoms with Gasteiger partial charge in [0.15, 0.2) is 6.17 Å². The highest BCUT2D eigenvalue weighted by Gasteiger charge is 2.57. The molecular weight excluding hydrogens is 508 g/mol. The fraction of sp³-hybridized carbons (Fsp3) is 1.00. The summed E-state index contributed by atoms with van der Waals surface area (Å²) in [6.45, 7) is 6.74. The second-order valence-electron chi connectivity index (χ2n) is 11.3. The van der Waals surface area contributed by atoms with Gasteiger partial charge in [-0.05, 0) is 68.6 Å². The van der Waals surface area contributed by atoms with Crippen molar-refractivity contribution in [2.45, 2.75) is 134 Å². The number of ether oxygens (including phenoxy) is 2. The van der Waals surface area contributed by atoms with Gasteiger partial charge in [-0.1, -0.05) is 20.8 Å². The van der Waals surface area contributed by atoms with Gasteiger partial charge in [-0.15, -0.1) is 0 Å². The van der Waals surface area contributed by atoms with Gasteiger partial charge in [0.25, 0.3) is 0 Å². The quantitative estimate of drug-likeness (QED) is 0.322. The van der Waals surface area contributed by atoms with Crippen molar-refractivity contribution < 1.29 is 44.6 Å². The molecule has 0 bridgehead atoms. The Kier molecular flexibility index (Phi) is 11.0. The van der Waals surface area contributed by atoms with Crippen LogP contribution in [0.15, 0.2) is 0 Å². The number of halogens is 8. The molecule has 1 heterocycles. The molecule has 0 aromatic heterocycles. The predicted molar refractivity (Wildman–Crippen MR) is 125 cm³/mol. The lowest BCUT2D eigenvalue weighted by molar-refractivity contribution is -0.323. The average molecular weight is 551 g/mol. The molecule has 4 fully saturated rings. The minimum absolute atomic E-state index is 0.0138. The third-order valence-electron chi connectivity index (χ3n) is 8.75. The van der Waals surface area contributed by atoms with E-state index in [4.69, 9.17) is 4.74 Å². The van der Waals surface area contributed by atoms with Crippen molar-refractivity contribution in [3.63, 3.8) is 0 Å². The average Bonchev–Trinajstić information content (AvgIpc) is 2.83. The van der Waals surface area contributed by atoms with E-state index in [1.54, 1.807) is 0 Å². The summed E-state index contributed by atoms with van der Waals surface area (Å²) in [5.74, 6) is -3.27. The summed E-state index contributed by atoms with van der Waals surface area (Å²) < 4.78 is 125. The normalized spacial score (nSPS) is 47.6. The topological polar surface area (TPSA) is 18.5 Å². The van der Waals surface area contributed by atoms with Crippen LogP contribution in [0.1, 0.15) is 78.6 Å². The lowest BCUT2D eigenvalue weighted by Gasteiger charge is -2.45. The van der Waals surface area contributed by atoms with Crippen LogP contribution >= 0.6 is 0 Å². The van der Waals surface area contributed by atoms with Crippen molar-refractivity contribution >= 4 is 0 Å². The van der Waals surface area contributed by atoms with E-state index in [0.29, 0.717) is 25.4 Å². The van der Waals surface area contributed by atoms with Crippen molar-refractivity contribution in [1.82, 2.24) is 0 Å². The molecular formula is C27H42F8O2. The van der Waals surface area contributed by atoms with Gasteiger partial charge in [-0.25, -0.2) is 26.3 Å². The standard InChI is InChI=1S/C25H36F8O2.C2H6/c1-12-2-5-22(34-11-12)13-3-4-16(17(26)6-13)14-7-18(27)23(19(28)8-14)25(32,33)35-15-9-20(29)24(31)21(30)10-15;1-2/h12-24H,2-11H2,1H3;1-2H3. The van der Waals surface area contributed by atoms with Crippen LogP contribution < -0.4 is 0 Å². The Labute approximate surface area is 215 Å². The van der Waals surface area contributed by atoms with Gasteiger partial charge < -0.3 is 9.47 Å². The molecule has 0 radical (unpaired) electrons. The summed E-state index contributed by atoms with van der Waals surface area (Å²) in [6, 6.07) is 0. The largest absolute Gasteiger partial charge is 0.378 e. The Morgan fingerprint density at radius 2 is 1.24 bits per heavy atom. The van der Waals surface area contributed by atoms with Crippen molar-refractivity contribution in [3.8, 4) is 0 Å². The van der Waals surface area contributed by atoms with E-state index >= 15 is 4.39 Å². The highest BCUT2D eigenvalue weighted by atomic mass is 19.3. The maximum absolute atomic E-state index is 15.1. The van der Waals surface area contributed by atoms with Gasteiger partial charge in [0.2, 0.25) is 0 Å². The monoisotopic (exact) mass is 550 g/mol. The number of alkyl halides is 8. The molecule has 3 saturated carbocycles. The number of rotatable bonds is 5. The van der Waals surface area contributed by atoms with Gasteiger partial charge in [0, 0.05) is 19.4 Å². The Morgan fingerprint density at radius 3 is 1.76 bits per heavy atom. The molecule has 10 heteroatoms. The van der Waals surface area contributed by atoms with Crippen LogP contribution in [0.5, 0.6) is 0 Å². The molecule has 4 aliphatic rings. The second kappa shape index (κ2) is 13.1. The maximum Gasteiger partial charge on any atom is 0.364 e. The Balaban J connectivity index is 0.00000186. The summed E-state index contributed by atoms with van der Waals surface area (Å²) in [5.41, 5.74) is 0. The smallest absolute Gasteiger partial charge is 0.364 e. The van der Waals surface area contributed by atoms with E-state index in [9.17, 15) is 30.7 Å². The molecule has 9 unspecified atom stereocenters. The van der Waals surface area contributed by atoms with Gasteiger partial charge in [0.05, 0.1) is 12.2 Å². The third-order valence-corrected chi connectivity index (χ3v) is 8.75. The van der Waals surface area contributed by atoms with Crippen LogP contribution in [-0.4, -0.2) is 62.0 Å². The number of hydrogen-bond donors (Lipinski definition) is 0. The Morgan fingerprint density at radius 1 is 0.676 bits per heavy atom. The van der Waals surface area contributed by atoms with Gasteiger partial charge in [-0.2, -0.15) is 8.78 Å². The van der Waals surface area contributed by atoms with Crippen molar-refractivity contribution in [1.29, 1.82) is 0 Å². The first-order chi connectivity index (χ1) is 17.5. The molecule has 0 amide bonds. The Hall–Kier alpha value is -0.640. The zero-order valence-corrected chi connectivity index (χ0v) is 21.9. The van der Waals surface area contributed by atoms with Crippen LogP contribution in [-0.2, 0) is 9.47 Å². The molecule has 4 rings (SSSR count). The SMILES string of the molecule is CC.CC1CCC(C2CCC(C3CC(F)C(C(F)(F)OC4CC(F)C(F)C(F)C4)C(F)C3)C(F)C2)OC1. The highest BCUT2D eigenvalue weighted by Crippen LogP contribution is 2.50. The van der Waals surface area contributed by atoms with Gasteiger partial charge in [-0.3, -0.25) is 0 Å². The molecule has 1 aliphatic heterocycles. The minimum Gasteiger partial charge on any atom is -0.378 e. The van der Waals surface area contributed by atoms with Crippen LogP contribution in [0.2, 0.25) is 0 Å². The van der Waals surface area contributed by atoms with Gasteiger partial charge >= 0.3 is 6.11 Å². The lowest BCUT2D eigenvalue weighted by atomic mass is 9.66. The summed E-state index contributed by atoms with van der Waals surface area (Å²) >= 11 is 0. The molecule has 1 saturated heterocycles. The summed E-state index contributed by atoms with van der Waals surface area (Å²) in [7, 11) is 0. The van der Waals surface area contributed by atoms with E-state index in [-0.39, 0.29) is 18.4 Å².